The molecule has 1 heterocycles. The lowest BCUT2D eigenvalue weighted by Gasteiger charge is -2.08. The third-order valence-electron chi connectivity index (χ3n) is 3.08. The Balaban J connectivity index is 2.87. The fraction of sp³-hybridized carbons (Fsp3) is 0.357. The first-order valence-electron chi connectivity index (χ1n) is 5.81. The number of phenolic OH excluding ortho intramolecular Hbond substituents is 1. The second kappa shape index (κ2) is 4.24. The summed E-state index contributed by atoms with van der Waals surface area (Å²) in [7, 11) is 0. The van der Waals surface area contributed by atoms with Gasteiger partial charge < -0.3 is 9.52 Å². The summed E-state index contributed by atoms with van der Waals surface area (Å²) < 4.78 is 5.77. The first-order valence-corrected chi connectivity index (χ1v) is 5.81. The highest BCUT2D eigenvalue weighted by Gasteiger charge is 2.13. The van der Waals surface area contributed by atoms with Gasteiger partial charge in [-0.2, -0.15) is 0 Å². The van der Waals surface area contributed by atoms with Crippen LogP contribution in [0.5, 0.6) is 5.75 Å². The van der Waals surface area contributed by atoms with E-state index in [1.54, 1.807) is 19.9 Å². The molecule has 0 saturated carbocycles. The highest BCUT2D eigenvalue weighted by atomic mass is 16.3. The van der Waals surface area contributed by atoms with Crippen LogP contribution in [0.4, 0.5) is 0 Å². The van der Waals surface area contributed by atoms with Crippen LogP contribution < -0.4 is 5.43 Å². The van der Waals surface area contributed by atoms with Crippen LogP contribution in [0, 0.1) is 13.8 Å². The van der Waals surface area contributed by atoms with E-state index >= 15 is 0 Å². The molecule has 0 aliphatic heterocycles. The SMILES string of the molecule is CCCc1oc2c(C)c(O)ccc2c(=O)c1C. The molecule has 2 aromatic rings. The van der Waals surface area contributed by atoms with Crippen LogP contribution in [0.1, 0.15) is 30.2 Å². The van der Waals surface area contributed by atoms with E-state index in [0.29, 0.717) is 22.1 Å². The maximum atomic E-state index is 12.1. The lowest BCUT2D eigenvalue weighted by molar-refractivity contribution is 0.466. The average Bonchev–Trinajstić information content (AvgIpc) is 2.31. The van der Waals surface area contributed by atoms with Gasteiger partial charge in [0, 0.05) is 17.5 Å². The topological polar surface area (TPSA) is 50.4 Å². The number of phenols is 1. The molecule has 0 radical (unpaired) electrons. The van der Waals surface area contributed by atoms with E-state index in [1.807, 2.05) is 6.92 Å². The average molecular weight is 232 g/mol. The lowest BCUT2D eigenvalue weighted by Crippen LogP contribution is -2.09. The molecule has 3 nitrogen and oxygen atoms in total. The summed E-state index contributed by atoms with van der Waals surface area (Å²) in [6.07, 6.45) is 1.67. The van der Waals surface area contributed by atoms with Gasteiger partial charge in [0.1, 0.15) is 17.1 Å². The lowest BCUT2D eigenvalue weighted by atomic mass is 10.1. The Labute approximate surface area is 99.7 Å². The molecule has 3 heteroatoms. The van der Waals surface area contributed by atoms with Gasteiger partial charge in [-0.05, 0) is 32.4 Å². The van der Waals surface area contributed by atoms with Gasteiger partial charge in [-0.25, -0.2) is 0 Å². The minimum absolute atomic E-state index is 0.00204. The van der Waals surface area contributed by atoms with Crippen molar-refractivity contribution in [3.63, 3.8) is 0 Å². The second-order valence-corrected chi connectivity index (χ2v) is 4.32. The summed E-state index contributed by atoms with van der Waals surface area (Å²) in [5.74, 6) is 0.880. The van der Waals surface area contributed by atoms with Gasteiger partial charge in [0.25, 0.3) is 0 Å². The predicted octanol–water partition coefficient (Wildman–Crippen LogP) is 3.07. The molecular formula is C14H16O3. The van der Waals surface area contributed by atoms with E-state index in [2.05, 4.69) is 0 Å². The van der Waals surface area contributed by atoms with E-state index in [0.717, 1.165) is 18.6 Å². The van der Waals surface area contributed by atoms with Gasteiger partial charge in [0.05, 0.1) is 5.39 Å². The molecule has 17 heavy (non-hydrogen) atoms. The third kappa shape index (κ3) is 1.82. The number of benzene rings is 1. The predicted molar refractivity (Wildman–Crippen MR) is 67.6 cm³/mol. The molecule has 1 aromatic heterocycles. The van der Waals surface area contributed by atoms with Gasteiger partial charge in [-0.15, -0.1) is 0 Å². The highest BCUT2D eigenvalue weighted by molar-refractivity contribution is 5.82. The standard InChI is InChI=1S/C14H16O3/c1-4-5-12-9(3)13(16)10-6-7-11(15)8(2)14(10)17-12/h6-7,15H,4-5H2,1-3H3. The highest BCUT2D eigenvalue weighted by Crippen LogP contribution is 2.26. The van der Waals surface area contributed by atoms with Crippen molar-refractivity contribution in [2.75, 3.05) is 0 Å². The van der Waals surface area contributed by atoms with Crippen molar-refractivity contribution < 1.29 is 9.52 Å². The molecule has 0 aliphatic rings. The molecule has 2 rings (SSSR count). The van der Waals surface area contributed by atoms with E-state index < -0.39 is 0 Å². The van der Waals surface area contributed by atoms with Crippen LogP contribution in [0.2, 0.25) is 0 Å². The maximum Gasteiger partial charge on any atom is 0.195 e. The number of hydrogen-bond acceptors (Lipinski definition) is 3. The largest absolute Gasteiger partial charge is 0.508 e. The van der Waals surface area contributed by atoms with Crippen molar-refractivity contribution in [1.82, 2.24) is 0 Å². The second-order valence-electron chi connectivity index (χ2n) is 4.32. The molecular weight excluding hydrogens is 216 g/mol. The smallest absolute Gasteiger partial charge is 0.195 e. The summed E-state index contributed by atoms with van der Waals surface area (Å²) in [5.41, 5.74) is 1.79. The molecule has 1 aromatic carbocycles. The summed E-state index contributed by atoms with van der Waals surface area (Å²) in [5, 5.41) is 10.2. The number of rotatable bonds is 2. The Bertz CT molecular complexity index is 623. The van der Waals surface area contributed by atoms with Crippen molar-refractivity contribution in [3.8, 4) is 5.75 Å². The quantitative estimate of drug-likeness (QED) is 0.865. The first kappa shape index (κ1) is 11.7. The fourth-order valence-electron chi connectivity index (χ4n) is 1.99. The number of aryl methyl sites for hydroxylation is 2. The zero-order valence-corrected chi connectivity index (χ0v) is 10.3. The van der Waals surface area contributed by atoms with Gasteiger partial charge in [0.15, 0.2) is 5.43 Å². The molecule has 90 valence electrons. The molecule has 0 amide bonds. The van der Waals surface area contributed by atoms with Crippen molar-refractivity contribution in [2.45, 2.75) is 33.6 Å². The van der Waals surface area contributed by atoms with Crippen LogP contribution >= 0.6 is 0 Å². The van der Waals surface area contributed by atoms with Crippen molar-refractivity contribution in [3.05, 3.63) is 39.2 Å². The third-order valence-corrected chi connectivity index (χ3v) is 3.08. The summed E-state index contributed by atoms with van der Waals surface area (Å²) in [6.45, 7) is 5.59. The molecule has 0 aliphatic carbocycles. The Morgan fingerprint density at radius 2 is 1.94 bits per heavy atom. The zero-order valence-electron chi connectivity index (χ0n) is 10.3. The molecule has 0 unspecified atom stereocenters. The summed E-state index contributed by atoms with van der Waals surface area (Å²) in [6, 6.07) is 3.15. The number of hydrogen-bond donors (Lipinski definition) is 1. The molecule has 0 atom stereocenters. The van der Waals surface area contributed by atoms with Crippen LogP contribution in [0.3, 0.4) is 0 Å². The Morgan fingerprint density at radius 1 is 1.24 bits per heavy atom. The van der Waals surface area contributed by atoms with Crippen molar-refractivity contribution in [1.29, 1.82) is 0 Å². The van der Waals surface area contributed by atoms with Crippen molar-refractivity contribution in [2.24, 2.45) is 0 Å². The fourth-order valence-corrected chi connectivity index (χ4v) is 1.99. The summed E-state index contributed by atoms with van der Waals surface area (Å²) >= 11 is 0. The van der Waals surface area contributed by atoms with Gasteiger partial charge in [-0.3, -0.25) is 4.79 Å². The molecule has 0 spiro atoms. The van der Waals surface area contributed by atoms with Crippen molar-refractivity contribution >= 4 is 11.0 Å². The number of fused-ring (bicyclic) bond motifs is 1. The van der Waals surface area contributed by atoms with E-state index in [1.165, 1.54) is 6.07 Å². The van der Waals surface area contributed by atoms with Gasteiger partial charge in [-0.1, -0.05) is 6.92 Å². The van der Waals surface area contributed by atoms with E-state index in [-0.39, 0.29) is 11.2 Å². The first-order chi connectivity index (χ1) is 8.06. The van der Waals surface area contributed by atoms with E-state index in [9.17, 15) is 9.90 Å². The Morgan fingerprint density at radius 3 is 2.59 bits per heavy atom. The van der Waals surface area contributed by atoms with Crippen LogP contribution in [0.15, 0.2) is 21.3 Å². The minimum Gasteiger partial charge on any atom is -0.508 e. The molecule has 0 bridgehead atoms. The Hall–Kier alpha value is -1.77. The van der Waals surface area contributed by atoms with Gasteiger partial charge in [0.2, 0.25) is 0 Å². The monoisotopic (exact) mass is 232 g/mol. The Kier molecular flexibility index (Phi) is 2.92. The van der Waals surface area contributed by atoms with Crippen LogP contribution in [-0.4, -0.2) is 5.11 Å². The molecule has 0 fully saturated rings. The molecule has 0 saturated heterocycles. The minimum atomic E-state index is -0.00204. The number of aromatic hydroxyl groups is 1. The maximum absolute atomic E-state index is 12.1. The normalized spacial score (nSPS) is 11.0. The molecule has 1 N–H and O–H groups in total. The summed E-state index contributed by atoms with van der Waals surface area (Å²) in [4.78, 5) is 12.1. The van der Waals surface area contributed by atoms with E-state index in [4.69, 9.17) is 4.42 Å². The van der Waals surface area contributed by atoms with Crippen LogP contribution in [-0.2, 0) is 6.42 Å². The zero-order chi connectivity index (χ0) is 12.6. The van der Waals surface area contributed by atoms with Gasteiger partial charge >= 0.3 is 0 Å². The van der Waals surface area contributed by atoms with Crippen LogP contribution in [0.25, 0.3) is 11.0 Å².